The van der Waals surface area contributed by atoms with Gasteiger partial charge in [-0.1, -0.05) is 27.2 Å². The van der Waals surface area contributed by atoms with Crippen molar-refractivity contribution < 1.29 is 14.7 Å². The molecule has 0 heterocycles. The second kappa shape index (κ2) is 6.34. The Morgan fingerprint density at radius 3 is 2.58 bits per heavy atom. The normalized spacial score (nSPS) is 50.7. The third kappa shape index (κ3) is 2.52. The second-order valence-corrected chi connectivity index (χ2v) is 10.5. The highest BCUT2D eigenvalue weighted by atomic mass is 16.4. The Bertz CT molecular complexity index is 598. The lowest BCUT2D eigenvalue weighted by Gasteiger charge is -2.60. The zero-order valence-electron chi connectivity index (χ0n) is 16.8. The monoisotopic (exact) mass is 360 g/mol. The minimum atomic E-state index is -0.745. The van der Waals surface area contributed by atoms with Crippen LogP contribution in [0.4, 0.5) is 0 Å². The molecule has 0 radical (unpaired) electrons. The minimum absolute atomic E-state index is 0.0689. The number of Topliss-reactive ketones (excluding diaryl/α,β-unsaturated/α-hetero) is 1. The van der Waals surface area contributed by atoms with Crippen LogP contribution in [0.15, 0.2) is 0 Å². The van der Waals surface area contributed by atoms with Crippen LogP contribution in [0.3, 0.4) is 0 Å². The van der Waals surface area contributed by atoms with Crippen LogP contribution in [0.5, 0.6) is 0 Å². The molecular formula is C23H36O3. The molecule has 146 valence electrons. The Morgan fingerprint density at radius 1 is 1.12 bits per heavy atom. The standard InChI is InChI=1S/C23H36O3/c1-4-15-6-8-18-17-7-5-16-11-14(13-21(25)26)12-20(24)23(16,3)19(17)9-10-22(15,18)2/h14-19H,4-13H2,1-3H3,(H,25,26)/t14-,15-,16+,17-,18-,19-,22+,23-/m0/s1. The maximum atomic E-state index is 13.3. The van der Waals surface area contributed by atoms with Crippen LogP contribution in [0.1, 0.15) is 85.0 Å². The zero-order valence-corrected chi connectivity index (χ0v) is 16.8. The first-order chi connectivity index (χ1) is 12.3. The molecule has 3 heteroatoms. The lowest BCUT2D eigenvalue weighted by molar-refractivity contribution is -0.160. The molecule has 4 saturated carbocycles. The van der Waals surface area contributed by atoms with Gasteiger partial charge < -0.3 is 5.11 Å². The summed E-state index contributed by atoms with van der Waals surface area (Å²) < 4.78 is 0. The molecule has 0 unspecified atom stereocenters. The van der Waals surface area contributed by atoms with Gasteiger partial charge in [0.1, 0.15) is 5.78 Å². The number of carbonyl (C=O) groups excluding carboxylic acids is 1. The quantitative estimate of drug-likeness (QED) is 0.740. The molecule has 0 spiro atoms. The molecule has 4 aliphatic carbocycles. The number of carboxylic acids is 1. The van der Waals surface area contributed by atoms with E-state index in [2.05, 4.69) is 20.8 Å². The SMILES string of the molecule is CC[C@H]1CC[C@H]2[C@@H]3CC[C@@H]4C[C@H](CC(=O)O)CC(=O)[C@]4(C)[C@H]3CC[C@]12C. The maximum absolute atomic E-state index is 13.3. The van der Waals surface area contributed by atoms with E-state index in [-0.39, 0.29) is 17.8 Å². The van der Waals surface area contributed by atoms with Crippen LogP contribution in [0.25, 0.3) is 0 Å². The highest BCUT2D eigenvalue weighted by molar-refractivity contribution is 5.87. The van der Waals surface area contributed by atoms with Crippen molar-refractivity contribution >= 4 is 11.8 Å². The number of fused-ring (bicyclic) bond motifs is 5. The van der Waals surface area contributed by atoms with Crippen LogP contribution in [-0.2, 0) is 9.59 Å². The molecule has 0 aromatic carbocycles. The number of aliphatic carboxylic acids is 1. The first-order valence-electron chi connectivity index (χ1n) is 11.1. The van der Waals surface area contributed by atoms with E-state index in [1.165, 1.54) is 38.5 Å². The molecule has 0 amide bonds. The number of hydrogen-bond acceptors (Lipinski definition) is 2. The predicted molar refractivity (Wildman–Crippen MR) is 102 cm³/mol. The summed E-state index contributed by atoms with van der Waals surface area (Å²) in [6.45, 7) is 7.17. The Kier molecular flexibility index (Phi) is 4.51. The van der Waals surface area contributed by atoms with E-state index in [1.54, 1.807) is 0 Å². The van der Waals surface area contributed by atoms with Gasteiger partial charge in [0, 0.05) is 18.3 Å². The Morgan fingerprint density at radius 2 is 1.88 bits per heavy atom. The molecule has 4 rings (SSSR count). The van der Waals surface area contributed by atoms with Crippen molar-refractivity contribution in [1.29, 1.82) is 0 Å². The van der Waals surface area contributed by atoms with Crippen molar-refractivity contribution in [3.8, 4) is 0 Å². The topological polar surface area (TPSA) is 54.4 Å². The smallest absolute Gasteiger partial charge is 0.303 e. The lowest BCUT2D eigenvalue weighted by atomic mass is 9.43. The van der Waals surface area contributed by atoms with Gasteiger partial charge in [-0.3, -0.25) is 9.59 Å². The molecule has 1 N–H and O–H groups in total. The zero-order chi connectivity index (χ0) is 18.7. The van der Waals surface area contributed by atoms with Crippen molar-refractivity contribution in [3.05, 3.63) is 0 Å². The number of hydrogen-bond donors (Lipinski definition) is 1. The third-order valence-corrected chi connectivity index (χ3v) is 9.75. The molecule has 4 fully saturated rings. The summed E-state index contributed by atoms with van der Waals surface area (Å²) in [6, 6.07) is 0. The highest BCUT2D eigenvalue weighted by Crippen LogP contribution is 2.67. The molecule has 26 heavy (non-hydrogen) atoms. The van der Waals surface area contributed by atoms with Gasteiger partial charge in [-0.25, -0.2) is 0 Å². The summed E-state index contributed by atoms with van der Waals surface area (Å²) in [5, 5.41) is 9.17. The summed E-state index contributed by atoms with van der Waals surface area (Å²) in [7, 11) is 0. The van der Waals surface area contributed by atoms with Crippen LogP contribution in [0.2, 0.25) is 0 Å². The number of carbonyl (C=O) groups is 2. The summed E-state index contributed by atoms with van der Waals surface area (Å²) in [5.74, 6) is 3.10. The van der Waals surface area contributed by atoms with Gasteiger partial charge in [0.15, 0.2) is 0 Å². The Balaban J connectivity index is 1.58. The van der Waals surface area contributed by atoms with E-state index in [0.717, 1.165) is 30.6 Å². The average molecular weight is 361 g/mol. The number of carboxylic acid groups (broad SMARTS) is 1. The van der Waals surface area contributed by atoms with E-state index < -0.39 is 5.97 Å². The molecule has 0 bridgehead atoms. The molecule has 3 nitrogen and oxygen atoms in total. The average Bonchev–Trinajstić information content (AvgIpc) is 2.92. The first-order valence-corrected chi connectivity index (χ1v) is 11.1. The van der Waals surface area contributed by atoms with Gasteiger partial charge in [0.05, 0.1) is 0 Å². The summed E-state index contributed by atoms with van der Waals surface area (Å²) in [5.41, 5.74) is 0.326. The Labute approximate surface area is 158 Å². The lowest BCUT2D eigenvalue weighted by Crippen LogP contribution is -2.57. The molecule has 0 aliphatic heterocycles. The van der Waals surface area contributed by atoms with Crippen molar-refractivity contribution in [1.82, 2.24) is 0 Å². The van der Waals surface area contributed by atoms with Crippen LogP contribution in [-0.4, -0.2) is 16.9 Å². The van der Waals surface area contributed by atoms with Crippen LogP contribution < -0.4 is 0 Å². The van der Waals surface area contributed by atoms with Crippen LogP contribution >= 0.6 is 0 Å². The van der Waals surface area contributed by atoms with Crippen molar-refractivity contribution in [2.75, 3.05) is 0 Å². The van der Waals surface area contributed by atoms with Crippen LogP contribution in [0, 0.1) is 46.3 Å². The van der Waals surface area contributed by atoms with E-state index in [4.69, 9.17) is 5.11 Å². The molecule has 0 aromatic rings. The third-order valence-electron chi connectivity index (χ3n) is 9.75. The summed E-state index contributed by atoms with van der Waals surface area (Å²) >= 11 is 0. The summed E-state index contributed by atoms with van der Waals surface area (Å²) in [6.07, 6.45) is 10.6. The van der Waals surface area contributed by atoms with Gasteiger partial charge in [-0.05, 0) is 85.9 Å². The number of ketones is 1. The molecule has 0 saturated heterocycles. The van der Waals surface area contributed by atoms with Crippen molar-refractivity contribution in [2.45, 2.75) is 85.0 Å². The first kappa shape index (κ1) is 18.5. The van der Waals surface area contributed by atoms with Gasteiger partial charge in [0.25, 0.3) is 0 Å². The van der Waals surface area contributed by atoms with Gasteiger partial charge in [0.2, 0.25) is 0 Å². The van der Waals surface area contributed by atoms with E-state index in [1.807, 2.05) is 0 Å². The van der Waals surface area contributed by atoms with E-state index >= 15 is 0 Å². The summed E-state index contributed by atoms with van der Waals surface area (Å²) in [4.78, 5) is 24.4. The van der Waals surface area contributed by atoms with E-state index in [9.17, 15) is 9.59 Å². The molecule has 8 atom stereocenters. The van der Waals surface area contributed by atoms with Crippen molar-refractivity contribution in [2.24, 2.45) is 46.3 Å². The van der Waals surface area contributed by atoms with Gasteiger partial charge in [-0.15, -0.1) is 0 Å². The Hall–Kier alpha value is -0.860. The minimum Gasteiger partial charge on any atom is -0.481 e. The fourth-order valence-electron chi connectivity index (χ4n) is 8.38. The largest absolute Gasteiger partial charge is 0.481 e. The van der Waals surface area contributed by atoms with E-state index in [0.29, 0.717) is 29.5 Å². The second-order valence-electron chi connectivity index (χ2n) is 10.5. The van der Waals surface area contributed by atoms with Crippen molar-refractivity contribution in [3.63, 3.8) is 0 Å². The number of rotatable bonds is 3. The molecule has 0 aromatic heterocycles. The molecule has 4 aliphatic rings. The highest BCUT2D eigenvalue weighted by Gasteiger charge is 2.62. The van der Waals surface area contributed by atoms with Gasteiger partial charge in [-0.2, -0.15) is 0 Å². The fourth-order valence-corrected chi connectivity index (χ4v) is 8.38. The fraction of sp³-hybridized carbons (Fsp3) is 0.913. The van der Waals surface area contributed by atoms with Gasteiger partial charge >= 0.3 is 5.97 Å². The maximum Gasteiger partial charge on any atom is 0.303 e. The molecular weight excluding hydrogens is 324 g/mol. The predicted octanol–water partition coefficient (Wildman–Crippen LogP) is 5.33.